The zero-order chi connectivity index (χ0) is 21.8. The van der Waals surface area contributed by atoms with E-state index in [4.69, 9.17) is 4.74 Å². The lowest BCUT2D eigenvalue weighted by atomic mass is 10.1. The maximum absolute atomic E-state index is 14.2. The van der Waals surface area contributed by atoms with Crippen molar-refractivity contribution in [2.45, 2.75) is 13.1 Å². The highest BCUT2D eigenvalue weighted by atomic mass is 19.1. The molecule has 31 heavy (non-hydrogen) atoms. The monoisotopic (exact) mass is 426 g/mol. The van der Waals surface area contributed by atoms with E-state index < -0.39 is 11.6 Å². The van der Waals surface area contributed by atoms with Crippen LogP contribution in [0.2, 0.25) is 0 Å². The lowest BCUT2D eigenvalue weighted by molar-refractivity contribution is 0.0342. The van der Waals surface area contributed by atoms with E-state index in [1.54, 1.807) is 7.05 Å². The summed E-state index contributed by atoms with van der Waals surface area (Å²) in [5.41, 5.74) is 2.64. The van der Waals surface area contributed by atoms with Crippen LogP contribution in [-0.4, -0.2) is 46.9 Å². The molecule has 0 radical (unpaired) electrons. The molecule has 6 nitrogen and oxygen atoms in total. The van der Waals surface area contributed by atoms with E-state index in [1.807, 2.05) is 12.1 Å². The first-order chi connectivity index (χ1) is 15.0. The molecule has 8 heteroatoms. The normalized spacial score (nSPS) is 14.5. The van der Waals surface area contributed by atoms with Gasteiger partial charge < -0.3 is 10.1 Å². The maximum atomic E-state index is 14.2. The average Bonchev–Trinajstić information content (AvgIpc) is 3.14. The van der Waals surface area contributed by atoms with Crippen LogP contribution < -0.4 is 5.32 Å². The van der Waals surface area contributed by atoms with Gasteiger partial charge in [0.2, 0.25) is 0 Å². The Morgan fingerprint density at radius 3 is 2.68 bits per heavy atom. The van der Waals surface area contributed by atoms with Crippen LogP contribution in [0.25, 0.3) is 11.3 Å². The molecular formula is C23H24F2N4O2. The molecule has 1 aliphatic rings. The summed E-state index contributed by atoms with van der Waals surface area (Å²) in [6.07, 6.45) is 1.53. The maximum Gasteiger partial charge on any atom is 0.255 e. The molecule has 1 saturated heterocycles. The van der Waals surface area contributed by atoms with Gasteiger partial charge in [-0.2, -0.15) is 5.10 Å². The largest absolute Gasteiger partial charge is 0.379 e. The number of hydrogen-bond donors (Lipinski definition) is 1. The molecule has 1 aromatic heterocycles. The van der Waals surface area contributed by atoms with E-state index in [0.29, 0.717) is 6.54 Å². The van der Waals surface area contributed by atoms with Gasteiger partial charge >= 0.3 is 0 Å². The van der Waals surface area contributed by atoms with E-state index in [9.17, 15) is 13.6 Å². The third kappa shape index (κ3) is 5.15. The smallest absolute Gasteiger partial charge is 0.255 e. The molecule has 2 heterocycles. The van der Waals surface area contributed by atoms with Gasteiger partial charge in [-0.1, -0.05) is 24.3 Å². The molecule has 3 aromatic rings. The molecule has 162 valence electrons. The molecule has 0 bridgehead atoms. The summed E-state index contributed by atoms with van der Waals surface area (Å²) in [7, 11) is 1.65. The van der Waals surface area contributed by atoms with Gasteiger partial charge in [0.15, 0.2) is 0 Å². The summed E-state index contributed by atoms with van der Waals surface area (Å²) in [5, 5.41) is 7.08. The Hall–Kier alpha value is -3.10. The van der Waals surface area contributed by atoms with Crippen molar-refractivity contribution in [1.29, 1.82) is 0 Å². The van der Waals surface area contributed by atoms with Gasteiger partial charge in [0, 0.05) is 51.1 Å². The lowest BCUT2D eigenvalue weighted by Crippen LogP contribution is -2.35. The van der Waals surface area contributed by atoms with E-state index in [2.05, 4.69) is 27.4 Å². The van der Waals surface area contributed by atoms with Crippen LogP contribution in [0.1, 0.15) is 21.5 Å². The fourth-order valence-electron chi connectivity index (χ4n) is 3.67. The highest BCUT2D eigenvalue weighted by molar-refractivity contribution is 5.99. The number of nitrogens with zero attached hydrogens (tertiary/aromatic N) is 3. The Kier molecular flexibility index (Phi) is 6.39. The molecule has 1 fully saturated rings. The predicted octanol–water partition coefficient (Wildman–Crippen LogP) is 3.13. The zero-order valence-electron chi connectivity index (χ0n) is 17.3. The Morgan fingerprint density at radius 1 is 1.13 bits per heavy atom. The minimum atomic E-state index is -0.761. The third-order valence-electron chi connectivity index (χ3n) is 5.21. The second-order valence-electron chi connectivity index (χ2n) is 7.58. The molecule has 0 spiro atoms. The quantitative estimate of drug-likeness (QED) is 0.658. The van der Waals surface area contributed by atoms with Gasteiger partial charge in [-0.25, -0.2) is 8.78 Å². The number of amides is 1. The van der Waals surface area contributed by atoms with Crippen LogP contribution in [-0.2, 0) is 24.9 Å². The van der Waals surface area contributed by atoms with Gasteiger partial charge in [-0.3, -0.25) is 14.4 Å². The number of carbonyl (C=O) groups is 1. The number of carbonyl (C=O) groups excluding carboxylic acids is 1. The number of aryl methyl sites for hydroxylation is 1. The minimum Gasteiger partial charge on any atom is -0.379 e. The Labute approximate surface area is 179 Å². The highest BCUT2D eigenvalue weighted by Gasteiger charge is 2.20. The van der Waals surface area contributed by atoms with Gasteiger partial charge in [0.1, 0.15) is 17.3 Å². The van der Waals surface area contributed by atoms with Gasteiger partial charge in [-0.15, -0.1) is 0 Å². The number of rotatable bonds is 6. The van der Waals surface area contributed by atoms with Gasteiger partial charge in [0.05, 0.1) is 18.8 Å². The summed E-state index contributed by atoms with van der Waals surface area (Å²) in [6, 6.07) is 11.3. The van der Waals surface area contributed by atoms with E-state index >= 15 is 0 Å². The van der Waals surface area contributed by atoms with Crippen LogP contribution in [0.3, 0.4) is 0 Å². The van der Waals surface area contributed by atoms with E-state index in [0.717, 1.165) is 50.5 Å². The number of ether oxygens (including phenoxy) is 1. The van der Waals surface area contributed by atoms with Crippen molar-refractivity contribution in [1.82, 2.24) is 20.0 Å². The van der Waals surface area contributed by atoms with Crippen molar-refractivity contribution < 1.29 is 18.3 Å². The molecule has 0 saturated carbocycles. The Morgan fingerprint density at radius 2 is 1.90 bits per heavy atom. The van der Waals surface area contributed by atoms with Gasteiger partial charge in [0.25, 0.3) is 5.91 Å². The molecule has 2 aromatic carbocycles. The number of morpholine rings is 1. The Bertz CT molecular complexity index is 1080. The third-order valence-corrected chi connectivity index (χ3v) is 5.21. The second-order valence-corrected chi connectivity index (χ2v) is 7.58. The number of nitrogens with one attached hydrogen (secondary N) is 1. The van der Waals surface area contributed by atoms with Crippen LogP contribution in [0.4, 0.5) is 8.78 Å². The van der Waals surface area contributed by atoms with Crippen LogP contribution >= 0.6 is 0 Å². The van der Waals surface area contributed by atoms with Gasteiger partial charge in [-0.05, 0) is 23.3 Å². The van der Waals surface area contributed by atoms with Crippen molar-refractivity contribution in [2.24, 2.45) is 7.05 Å². The molecular weight excluding hydrogens is 402 g/mol. The summed E-state index contributed by atoms with van der Waals surface area (Å²) in [5.74, 6) is -1.81. The number of aromatic nitrogens is 2. The van der Waals surface area contributed by atoms with E-state index in [-0.39, 0.29) is 22.7 Å². The lowest BCUT2D eigenvalue weighted by Gasteiger charge is -2.26. The number of benzene rings is 2. The van der Waals surface area contributed by atoms with Crippen molar-refractivity contribution in [2.75, 3.05) is 26.3 Å². The second kappa shape index (κ2) is 9.36. The van der Waals surface area contributed by atoms with E-state index in [1.165, 1.54) is 22.5 Å². The van der Waals surface area contributed by atoms with Crippen LogP contribution in [0.15, 0.2) is 48.7 Å². The molecule has 1 N–H and O–H groups in total. The van der Waals surface area contributed by atoms with Crippen molar-refractivity contribution in [3.63, 3.8) is 0 Å². The minimum absolute atomic E-state index is 0.0830. The summed E-state index contributed by atoms with van der Waals surface area (Å²) >= 11 is 0. The summed E-state index contributed by atoms with van der Waals surface area (Å²) < 4.78 is 34.3. The average molecular weight is 426 g/mol. The fourth-order valence-corrected chi connectivity index (χ4v) is 3.67. The first-order valence-electron chi connectivity index (χ1n) is 10.1. The number of halogens is 2. The topological polar surface area (TPSA) is 59.4 Å². The standard InChI is InChI=1S/C23H24F2N4O2/c1-28-15-20(22(27-28)19-6-5-18(24)12-21(19)25)23(30)26-13-16-3-2-4-17(11-16)14-29-7-9-31-10-8-29/h2-6,11-12,15H,7-10,13-14H2,1H3,(H,26,30). The van der Waals surface area contributed by atoms with Crippen molar-refractivity contribution in [3.05, 3.63) is 77.0 Å². The van der Waals surface area contributed by atoms with Crippen LogP contribution in [0, 0.1) is 11.6 Å². The fraction of sp³-hybridized carbons (Fsp3) is 0.304. The predicted molar refractivity (Wildman–Crippen MR) is 112 cm³/mol. The van der Waals surface area contributed by atoms with Crippen molar-refractivity contribution >= 4 is 5.91 Å². The molecule has 0 aliphatic carbocycles. The number of hydrogen-bond acceptors (Lipinski definition) is 4. The molecule has 1 amide bonds. The zero-order valence-corrected chi connectivity index (χ0v) is 17.3. The highest BCUT2D eigenvalue weighted by Crippen LogP contribution is 2.25. The first kappa shape index (κ1) is 21.1. The van der Waals surface area contributed by atoms with Crippen LogP contribution in [0.5, 0.6) is 0 Å². The molecule has 4 rings (SSSR count). The summed E-state index contributed by atoms with van der Waals surface area (Å²) in [4.78, 5) is 15.2. The summed E-state index contributed by atoms with van der Waals surface area (Å²) in [6.45, 7) is 4.48. The molecule has 1 aliphatic heterocycles. The molecule has 0 unspecified atom stereocenters. The first-order valence-corrected chi connectivity index (χ1v) is 10.1. The Balaban J connectivity index is 1.45. The van der Waals surface area contributed by atoms with Crippen molar-refractivity contribution in [3.8, 4) is 11.3 Å². The molecule has 0 atom stereocenters. The SMILES string of the molecule is Cn1cc(C(=O)NCc2cccc(CN3CCOCC3)c2)c(-c2ccc(F)cc2F)n1.